The average Bonchev–Trinajstić information content (AvgIpc) is 2.49. The van der Waals surface area contributed by atoms with Gasteiger partial charge in [0.1, 0.15) is 11.9 Å². The van der Waals surface area contributed by atoms with Crippen LogP contribution < -0.4 is 15.4 Å². The van der Waals surface area contributed by atoms with E-state index >= 15 is 0 Å². The van der Waals surface area contributed by atoms with E-state index in [1.54, 1.807) is 14.2 Å². The summed E-state index contributed by atoms with van der Waals surface area (Å²) in [6.45, 7) is 6.37. The van der Waals surface area contributed by atoms with Crippen LogP contribution in [0.25, 0.3) is 0 Å². The second-order valence-corrected chi connectivity index (χ2v) is 4.97. The van der Waals surface area contributed by atoms with Crippen molar-refractivity contribution in [2.45, 2.75) is 26.4 Å². The lowest BCUT2D eigenvalue weighted by Crippen LogP contribution is -2.42. The van der Waals surface area contributed by atoms with Crippen molar-refractivity contribution in [3.63, 3.8) is 0 Å². The molecule has 5 nitrogen and oxygen atoms in total. The quantitative estimate of drug-likeness (QED) is 0.293. The van der Waals surface area contributed by atoms with Crippen LogP contribution in [0.15, 0.2) is 29.3 Å². The molecular formula is C16H28IN3O2. The van der Waals surface area contributed by atoms with Crippen LogP contribution in [0.3, 0.4) is 0 Å². The third kappa shape index (κ3) is 9.09. The smallest absolute Gasteiger partial charge is 0.191 e. The van der Waals surface area contributed by atoms with Crippen LogP contribution in [0.4, 0.5) is 0 Å². The SMILES string of the molecule is CN=C(NCCCOC)NCC(C)Oc1ccc(C)cc1.I. The van der Waals surface area contributed by atoms with Gasteiger partial charge in [-0.3, -0.25) is 4.99 Å². The summed E-state index contributed by atoms with van der Waals surface area (Å²) in [6.07, 6.45) is 1.01. The molecule has 0 radical (unpaired) electrons. The maximum absolute atomic E-state index is 5.84. The predicted molar refractivity (Wildman–Crippen MR) is 103 cm³/mol. The number of methoxy groups -OCH3 is 1. The first kappa shape index (κ1) is 21.0. The summed E-state index contributed by atoms with van der Waals surface area (Å²) in [7, 11) is 3.47. The van der Waals surface area contributed by atoms with E-state index in [-0.39, 0.29) is 30.1 Å². The number of hydrogen-bond acceptors (Lipinski definition) is 3. The molecule has 0 bridgehead atoms. The lowest BCUT2D eigenvalue weighted by molar-refractivity contribution is 0.195. The molecule has 126 valence electrons. The number of aliphatic imine (C=N–C) groups is 1. The highest BCUT2D eigenvalue weighted by Gasteiger charge is 2.05. The maximum atomic E-state index is 5.84. The Bertz CT molecular complexity index is 424. The number of rotatable bonds is 8. The first-order valence-electron chi connectivity index (χ1n) is 7.32. The van der Waals surface area contributed by atoms with E-state index in [4.69, 9.17) is 9.47 Å². The van der Waals surface area contributed by atoms with E-state index in [0.717, 1.165) is 31.3 Å². The summed E-state index contributed by atoms with van der Waals surface area (Å²) in [5, 5.41) is 6.49. The summed E-state index contributed by atoms with van der Waals surface area (Å²) in [5.74, 6) is 1.67. The molecule has 0 fully saturated rings. The molecule has 6 heteroatoms. The van der Waals surface area contributed by atoms with Gasteiger partial charge in [0.25, 0.3) is 0 Å². The molecule has 0 spiro atoms. The molecule has 0 aromatic heterocycles. The molecular weight excluding hydrogens is 393 g/mol. The highest BCUT2D eigenvalue weighted by Crippen LogP contribution is 2.12. The second kappa shape index (κ2) is 12.5. The van der Waals surface area contributed by atoms with Crippen LogP contribution in [0.1, 0.15) is 18.9 Å². The van der Waals surface area contributed by atoms with Gasteiger partial charge < -0.3 is 20.1 Å². The highest BCUT2D eigenvalue weighted by atomic mass is 127. The number of nitrogens with zero attached hydrogens (tertiary/aromatic N) is 1. The van der Waals surface area contributed by atoms with Gasteiger partial charge in [0, 0.05) is 27.3 Å². The Labute approximate surface area is 150 Å². The zero-order chi connectivity index (χ0) is 15.5. The summed E-state index contributed by atoms with van der Waals surface area (Å²) < 4.78 is 10.9. The fourth-order valence-corrected chi connectivity index (χ4v) is 1.78. The largest absolute Gasteiger partial charge is 0.489 e. The van der Waals surface area contributed by atoms with Gasteiger partial charge in [-0.25, -0.2) is 0 Å². The third-order valence-corrected chi connectivity index (χ3v) is 2.96. The molecule has 1 aromatic carbocycles. The number of ether oxygens (including phenoxy) is 2. The van der Waals surface area contributed by atoms with Crippen molar-refractivity contribution >= 4 is 29.9 Å². The van der Waals surface area contributed by atoms with E-state index in [2.05, 4.69) is 22.5 Å². The lowest BCUT2D eigenvalue weighted by Gasteiger charge is -2.17. The molecule has 0 aliphatic rings. The Kier molecular flexibility index (Phi) is 11.9. The molecule has 0 saturated heterocycles. The average molecular weight is 421 g/mol. The topological polar surface area (TPSA) is 54.9 Å². The summed E-state index contributed by atoms with van der Waals surface area (Å²) >= 11 is 0. The van der Waals surface area contributed by atoms with Crippen molar-refractivity contribution in [3.8, 4) is 5.75 Å². The van der Waals surface area contributed by atoms with Gasteiger partial charge in [0.05, 0.1) is 6.54 Å². The number of halogens is 1. The van der Waals surface area contributed by atoms with Crippen LogP contribution in [-0.4, -0.2) is 45.9 Å². The molecule has 0 aliphatic carbocycles. The first-order chi connectivity index (χ1) is 10.2. The normalized spacial score (nSPS) is 12.3. The van der Waals surface area contributed by atoms with E-state index < -0.39 is 0 Å². The van der Waals surface area contributed by atoms with E-state index in [1.807, 2.05) is 31.2 Å². The van der Waals surface area contributed by atoms with Crippen molar-refractivity contribution in [1.82, 2.24) is 10.6 Å². The van der Waals surface area contributed by atoms with Gasteiger partial charge in [-0.05, 0) is 32.4 Å². The Morgan fingerprint density at radius 1 is 1.23 bits per heavy atom. The Morgan fingerprint density at radius 2 is 1.91 bits per heavy atom. The molecule has 1 unspecified atom stereocenters. The molecule has 1 atom stereocenters. The third-order valence-electron chi connectivity index (χ3n) is 2.96. The molecule has 0 saturated carbocycles. The van der Waals surface area contributed by atoms with E-state index in [9.17, 15) is 0 Å². The molecule has 22 heavy (non-hydrogen) atoms. The monoisotopic (exact) mass is 421 g/mol. The summed E-state index contributed by atoms with van der Waals surface area (Å²) in [6, 6.07) is 8.07. The molecule has 1 aromatic rings. The minimum absolute atomic E-state index is 0. The van der Waals surface area contributed by atoms with Crippen LogP contribution in [0.5, 0.6) is 5.75 Å². The van der Waals surface area contributed by atoms with Gasteiger partial charge >= 0.3 is 0 Å². The lowest BCUT2D eigenvalue weighted by atomic mass is 10.2. The number of benzene rings is 1. The number of guanidine groups is 1. The van der Waals surface area contributed by atoms with Gasteiger partial charge in [-0.1, -0.05) is 17.7 Å². The van der Waals surface area contributed by atoms with Crippen molar-refractivity contribution in [3.05, 3.63) is 29.8 Å². The molecule has 0 aliphatic heterocycles. The van der Waals surface area contributed by atoms with Crippen molar-refractivity contribution in [2.24, 2.45) is 4.99 Å². The van der Waals surface area contributed by atoms with Gasteiger partial charge in [0.15, 0.2) is 5.96 Å². The van der Waals surface area contributed by atoms with Gasteiger partial charge in [-0.2, -0.15) is 0 Å². The standard InChI is InChI=1S/C16H27N3O2.HI/c1-13-6-8-15(9-7-13)21-14(2)12-19-16(17-3)18-10-5-11-20-4;/h6-9,14H,5,10-12H2,1-4H3,(H2,17,18,19);1H. The Balaban J connectivity index is 0.00000441. The Morgan fingerprint density at radius 3 is 2.50 bits per heavy atom. The van der Waals surface area contributed by atoms with Crippen molar-refractivity contribution in [1.29, 1.82) is 0 Å². The number of nitrogens with one attached hydrogen (secondary N) is 2. The van der Waals surface area contributed by atoms with Gasteiger partial charge in [0.2, 0.25) is 0 Å². The van der Waals surface area contributed by atoms with Crippen LogP contribution in [0.2, 0.25) is 0 Å². The zero-order valence-electron chi connectivity index (χ0n) is 13.9. The number of aryl methyl sites for hydroxylation is 1. The molecule has 2 N–H and O–H groups in total. The zero-order valence-corrected chi connectivity index (χ0v) is 16.2. The first-order valence-corrected chi connectivity index (χ1v) is 7.32. The highest BCUT2D eigenvalue weighted by molar-refractivity contribution is 14.0. The number of hydrogen-bond donors (Lipinski definition) is 2. The summed E-state index contributed by atoms with van der Waals surface area (Å²) in [4.78, 5) is 4.17. The second-order valence-electron chi connectivity index (χ2n) is 4.97. The minimum atomic E-state index is 0. The summed E-state index contributed by atoms with van der Waals surface area (Å²) in [5.41, 5.74) is 1.23. The minimum Gasteiger partial charge on any atom is -0.489 e. The predicted octanol–water partition coefficient (Wildman–Crippen LogP) is 2.58. The van der Waals surface area contributed by atoms with E-state index in [1.165, 1.54) is 5.56 Å². The Hall–Kier alpha value is -1.02. The fourth-order valence-electron chi connectivity index (χ4n) is 1.78. The molecule has 1 rings (SSSR count). The van der Waals surface area contributed by atoms with Crippen LogP contribution >= 0.6 is 24.0 Å². The van der Waals surface area contributed by atoms with Crippen molar-refractivity contribution in [2.75, 3.05) is 33.9 Å². The molecule has 0 amide bonds. The fraction of sp³-hybridized carbons (Fsp3) is 0.562. The van der Waals surface area contributed by atoms with Crippen LogP contribution in [-0.2, 0) is 4.74 Å². The van der Waals surface area contributed by atoms with Crippen LogP contribution in [0, 0.1) is 6.92 Å². The van der Waals surface area contributed by atoms with Crippen molar-refractivity contribution < 1.29 is 9.47 Å². The maximum Gasteiger partial charge on any atom is 0.191 e. The molecule has 0 heterocycles. The van der Waals surface area contributed by atoms with E-state index in [0.29, 0.717) is 6.54 Å². The van der Waals surface area contributed by atoms with Gasteiger partial charge in [-0.15, -0.1) is 24.0 Å².